The van der Waals surface area contributed by atoms with Crippen molar-refractivity contribution in [1.29, 1.82) is 0 Å². The first-order valence-corrected chi connectivity index (χ1v) is 5.59. The van der Waals surface area contributed by atoms with Crippen LogP contribution in [0.4, 0.5) is 0 Å². The average molecular weight is 194 g/mol. The SMILES string of the molecule is CCC.Cc1cc2n(c1)CCN[C@H]2C. The van der Waals surface area contributed by atoms with Gasteiger partial charge in [0.2, 0.25) is 0 Å². The molecule has 0 fully saturated rings. The van der Waals surface area contributed by atoms with Crippen LogP contribution in [0.15, 0.2) is 12.3 Å². The first-order valence-electron chi connectivity index (χ1n) is 5.59. The molecule has 0 radical (unpaired) electrons. The molecule has 0 spiro atoms. The number of aromatic nitrogens is 1. The molecule has 1 N–H and O–H groups in total. The van der Waals surface area contributed by atoms with E-state index < -0.39 is 0 Å². The number of fused-ring (bicyclic) bond motifs is 1. The Kier molecular flexibility index (Phi) is 4.21. The second-order valence-electron chi connectivity index (χ2n) is 4.02. The third-order valence-corrected chi connectivity index (χ3v) is 2.31. The molecular weight excluding hydrogens is 172 g/mol. The minimum atomic E-state index is 0.525. The summed E-state index contributed by atoms with van der Waals surface area (Å²) in [5.74, 6) is 0. The molecule has 80 valence electrons. The number of nitrogens with one attached hydrogen (secondary N) is 1. The normalized spacial score (nSPS) is 19.6. The van der Waals surface area contributed by atoms with Crippen LogP contribution in [-0.4, -0.2) is 11.1 Å². The molecule has 14 heavy (non-hydrogen) atoms. The van der Waals surface area contributed by atoms with Crippen LogP contribution in [-0.2, 0) is 6.54 Å². The molecule has 0 saturated heterocycles. The van der Waals surface area contributed by atoms with Gasteiger partial charge in [-0.15, -0.1) is 0 Å². The second-order valence-corrected chi connectivity index (χ2v) is 4.02. The van der Waals surface area contributed by atoms with Crippen molar-refractivity contribution < 1.29 is 0 Å². The van der Waals surface area contributed by atoms with Crippen LogP contribution in [0.3, 0.4) is 0 Å². The van der Waals surface area contributed by atoms with E-state index in [1.165, 1.54) is 17.7 Å². The average Bonchev–Trinajstić information content (AvgIpc) is 2.48. The van der Waals surface area contributed by atoms with Crippen LogP contribution < -0.4 is 5.32 Å². The molecule has 1 aliphatic rings. The van der Waals surface area contributed by atoms with E-state index in [1.54, 1.807) is 0 Å². The molecule has 0 unspecified atom stereocenters. The van der Waals surface area contributed by atoms with E-state index in [4.69, 9.17) is 0 Å². The van der Waals surface area contributed by atoms with Crippen molar-refractivity contribution in [3.63, 3.8) is 0 Å². The first-order chi connectivity index (χ1) is 6.69. The molecule has 0 aromatic carbocycles. The highest BCUT2D eigenvalue weighted by Gasteiger charge is 2.14. The fourth-order valence-corrected chi connectivity index (χ4v) is 1.75. The predicted octanol–water partition coefficient (Wildman–Crippen LogP) is 2.88. The van der Waals surface area contributed by atoms with Gasteiger partial charge >= 0.3 is 0 Å². The Morgan fingerprint density at radius 1 is 1.50 bits per heavy atom. The van der Waals surface area contributed by atoms with E-state index in [0.717, 1.165) is 13.1 Å². The number of nitrogens with zero attached hydrogens (tertiary/aromatic N) is 1. The Morgan fingerprint density at radius 2 is 2.14 bits per heavy atom. The Morgan fingerprint density at radius 3 is 2.71 bits per heavy atom. The molecule has 2 nitrogen and oxygen atoms in total. The zero-order valence-electron chi connectivity index (χ0n) is 9.80. The highest BCUT2D eigenvalue weighted by molar-refractivity contribution is 5.21. The lowest BCUT2D eigenvalue weighted by molar-refractivity contribution is 0.448. The number of aryl methyl sites for hydroxylation is 1. The van der Waals surface area contributed by atoms with Crippen LogP contribution in [0.25, 0.3) is 0 Å². The molecule has 1 aromatic heterocycles. The maximum absolute atomic E-state index is 3.43. The summed E-state index contributed by atoms with van der Waals surface area (Å²) in [6.45, 7) is 10.8. The van der Waals surface area contributed by atoms with Gasteiger partial charge in [0.15, 0.2) is 0 Å². The molecule has 1 atom stereocenters. The molecule has 0 saturated carbocycles. The maximum Gasteiger partial charge on any atom is 0.0446 e. The van der Waals surface area contributed by atoms with E-state index in [2.05, 4.69) is 49.8 Å². The van der Waals surface area contributed by atoms with Crippen LogP contribution in [0, 0.1) is 6.92 Å². The van der Waals surface area contributed by atoms with Crippen molar-refractivity contribution in [2.75, 3.05) is 6.54 Å². The van der Waals surface area contributed by atoms with E-state index in [-0.39, 0.29) is 0 Å². The molecule has 0 amide bonds. The summed E-state index contributed by atoms with van der Waals surface area (Å²) in [6, 6.07) is 2.79. The molecule has 2 rings (SSSR count). The molecular formula is C12H22N2. The van der Waals surface area contributed by atoms with Crippen LogP contribution in [0.1, 0.15) is 44.5 Å². The third-order valence-electron chi connectivity index (χ3n) is 2.31. The minimum absolute atomic E-state index is 0.525. The highest BCUT2D eigenvalue weighted by atomic mass is 15.1. The lowest BCUT2D eigenvalue weighted by atomic mass is 10.2. The topological polar surface area (TPSA) is 17.0 Å². The standard InChI is InChI=1S/C9H14N2.C3H8/c1-7-5-9-8(2)10-3-4-11(9)6-7;1-3-2/h5-6,8,10H,3-4H2,1-2H3;3H2,1-2H3/t8-;/m0./s1. The van der Waals surface area contributed by atoms with E-state index in [1.807, 2.05) is 0 Å². The zero-order chi connectivity index (χ0) is 10.6. The monoisotopic (exact) mass is 194 g/mol. The fourth-order valence-electron chi connectivity index (χ4n) is 1.75. The van der Waals surface area contributed by atoms with E-state index in [9.17, 15) is 0 Å². The summed E-state index contributed by atoms with van der Waals surface area (Å²) in [5.41, 5.74) is 2.80. The van der Waals surface area contributed by atoms with Gasteiger partial charge in [-0.2, -0.15) is 0 Å². The third kappa shape index (κ3) is 2.61. The van der Waals surface area contributed by atoms with Gasteiger partial charge in [-0.05, 0) is 25.5 Å². The first kappa shape index (κ1) is 11.3. The summed E-state index contributed by atoms with van der Waals surface area (Å²) in [4.78, 5) is 0. The van der Waals surface area contributed by atoms with Gasteiger partial charge in [-0.1, -0.05) is 20.3 Å². The zero-order valence-corrected chi connectivity index (χ0v) is 9.80. The van der Waals surface area contributed by atoms with Crippen LogP contribution in [0.2, 0.25) is 0 Å². The summed E-state index contributed by atoms with van der Waals surface area (Å²) in [7, 11) is 0. The van der Waals surface area contributed by atoms with Gasteiger partial charge in [0.25, 0.3) is 0 Å². The van der Waals surface area contributed by atoms with Crippen LogP contribution in [0.5, 0.6) is 0 Å². The van der Waals surface area contributed by atoms with Crippen LogP contribution >= 0.6 is 0 Å². The second kappa shape index (κ2) is 5.20. The smallest absolute Gasteiger partial charge is 0.0446 e. The summed E-state index contributed by atoms with van der Waals surface area (Å²) in [6.07, 6.45) is 3.48. The van der Waals surface area contributed by atoms with E-state index >= 15 is 0 Å². The maximum atomic E-state index is 3.43. The van der Waals surface area contributed by atoms with E-state index in [0.29, 0.717) is 6.04 Å². The van der Waals surface area contributed by atoms with Crippen molar-refractivity contribution in [2.24, 2.45) is 0 Å². The van der Waals surface area contributed by atoms with Crippen molar-refractivity contribution in [3.05, 3.63) is 23.5 Å². The lowest BCUT2D eigenvalue weighted by Crippen LogP contribution is -2.30. The largest absolute Gasteiger partial charge is 0.348 e. The van der Waals surface area contributed by atoms with Gasteiger partial charge < -0.3 is 9.88 Å². The number of hydrogen-bond donors (Lipinski definition) is 1. The lowest BCUT2D eigenvalue weighted by Gasteiger charge is -2.22. The number of hydrogen-bond acceptors (Lipinski definition) is 1. The number of rotatable bonds is 0. The highest BCUT2D eigenvalue weighted by Crippen LogP contribution is 2.18. The van der Waals surface area contributed by atoms with Gasteiger partial charge in [0.05, 0.1) is 0 Å². The summed E-state index contributed by atoms with van der Waals surface area (Å²) < 4.78 is 2.34. The Hall–Kier alpha value is -0.760. The molecule has 0 aliphatic carbocycles. The van der Waals surface area contributed by atoms with Crippen molar-refractivity contribution in [3.8, 4) is 0 Å². The minimum Gasteiger partial charge on any atom is -0.348 e. The molecule has 1 aromatic rings. The Labute approximate surface area is 87.3 Å². The Bertz CT molecular complexity index is 276. The van der Waals surface area contributed by atoms with Crippen molar-refractivity contribution >= 4 is 0 Å². The van der Waals surface area contributed by atoms with Crippen molar-refractivity contribution in [1.82, 2.24) is 9.88 Å². The quantitative estimate of drug-likeness (QED) is 0.672. The summed E-state index contributed by atoms with van der Waals surface area (Å²) in [5, 5.41) is 3.43. The predicted molar refractivity (Wildman–Crippen MR) is 61.6 cm³/mol. The molecule has 2 heterocycles. The summed E-state index contributed by atoms with van der Waals surface area (Å²) >= 11 is 0. The Balaban J connectivity index is 0.000000293. The molecule has 0 bridgehead atoms. The van der Waals surface area contributed by atoms with Gasteiger partial charge in [0, 0.05) is 31.0 Å². The molecule has 2 heteroatoms. The van der Waals surface area contributed by atoms with Gasteiger partial charge in [0.1, 0.15) is 0 Å². The van der Waals surface area contributed by atoms with Gasteiger partial charge in [-0.3, -0.25) is 0 Å². The fraction of sp³-hybridized carbons (Fsp3) is 0.667. The van der Waals surface area contributed by atoms with Crippen molar-refractivity contribution in [2.45, 2.75) is 46.7 Å². The van der Waals surface area contributed by atoms with Gasteiger partial charge in [-0.25, -0.2) is 0 Å². The molecule has 1 aliphatic heterocycles.